The van der Waals surface area contributed by atoms with Gasteiger partial charge in [0.25, 0.3) is 0 Å². The van der Waals surface area contributed by atoms with Crippen molar-refractivity contribution in [1.82, 2.24) is 19.5 Å². The van der Waals surface area contributed by atoms with Gasteiger partial charge in [-0.3, -0.25) is 0 Å². The minimum atomic E-state index is 0.221. The van der Waals surface area contributed by atoms with Crippen molar-refractivity contribution in [2.45, 2.75) is 0 Å². The van der Waals surface area contributed by atoms with Gasteiger partial charge in [0.2, 0.25) is 5.95 Å². The molecule has 0 unspecified atom stereocenters. The normalized spacial score (nSPS) is 12.5. The van der Waals surface area contributed by atoms with E-state index in [1.807, 2.05) is 102 Å². The first-order valence-electron chi connectivity index (χ1n) is 9.54. The molecule has 5 aromatic rings. The third-order valence-corrected chi connectivity index (χ3v) is 4.62. The Bertz CT molecular complexity index is 1330. The fourth-order valence-electron chi connectivity index (χ4n) is 3.16. The second-order valence-electron chi connectivity index (χ2n) is 6.76. The first-order valence-corrected chi connectivity index (χ1v) is 9.54. The minimum absolute atomic E-state index is 0.221. The SMILES string of the molecule is Nc1nc(/C=C(\N=c2nc2-n2cccc2)c2ccccc2)cc(-c2ccccc2)n1. The molecular formula is C24H18N6. The summed E-state index contributed by atoms with van der Waals surface area (Å²) in [5, 5.41) is 0. The molecule has 0 aliphatic carbocycles. The maximum atomic E-state index is 6.00. The van der Waals surface area contributed by atoms with E-state index in [1.165, 1.54) is 0 Å². The van der Waals surface area contributed by atoms with Gasteiger partial charge < -0.3 is 10.3 Å². The maximum absolute atomic E-state index is 6.00. The lowest BCUT2D eigenvalue weighted by Crippen LogP contribution is -1.99. The number of hydrogen-bond acceptors (Lipinski definition) is 5. The van der Waals surface area contributed by atoms with Crippen LogP contribution in [-0.4, -0.2) is 19.5 Å². The first-order chi connectivity index (χ1) is 14.8. The quantitative estimate of drug-likeness (QED) is 0.494. The lowest BCUT2D eigenvalue weighted by Gasteiger charge is -2.05. The van der Waals surface area contributed by atoms with Crippen LogP contribution in [0.3, 0.4) is 0 Å². The largest absolute Gasteiger partial charge is 0.368 e. The second-order valence-corrected chi connectivity index (χ2v) is 6.76. The second kappa shape index (κ2) is 7.60. The van der Waals surface area contributed by atoms with Crippen molar-refractivity contribution >= 4 is 17.7 Å². The summed E-state index contributed by atoms with van der Waals surface area (Å²) in [7, 11) is 0. The highest BCUT2D eigenvalue weighted by Crippen LogP contribution is 2.23. The van der Waals surface area contributed by atoms with Crippen LogP contribution in [0, 0.1) is 0 Å². The van der Waals surface area contributed by atoms with E-state index in [4.69, 9.17) is 10.7 Å². The summed E-state index contributed by atoms with van der Waals surface area (Å²) >= 11 is 0. The molecule has 2 N–H and O–H groups in total. The zero-order valence-corrected chi connectivity index (χ0v) is 16.1. The molecule has 0 amide bonds. The summed E-state index contributed by atoms with van der Waals surface area (Å²) in [6, 6.07) is 25.7. The highest BCUT2D eigenvalue weighted by Gasteiger charge is 2.13. The number of aromatic nitrogens is 4. The van der Waals surface area contributed by atoms with Crippen molar-refractivity contribution in [3.63, 3.8) is 0 Å². The summed E-state index contributed by atoms with van der Waals surface area (Å²) in [4.78, 5) is 18.0. The first kappa shape index (κ1) is 17.8. The zero-order valence-electron chi connectivity index (χ0n) is 16.1. The third-order valence-electron chi connectivity index (χ3n) is 4.62. The van der Waals surface area contributed by atoms with E-state index >= 15 is 0 Å². The number of nitrogens with two attached hydrogens (primary N) is 1. The molecular weight excluding hydrogens is 372 g/mol. The number of nitrogen functional groups attached to an aromatic ring is 1. The standard InChI is InChI=1S/C24H18N6/c25-24-26-19(16-21(28-24)18-11-5-2-6-12-18)15-20(17-9-3-1-4-10-17)27-22-23(29-22)30-13-7-8-14-30/h1-16H,(H2,25,26,28)/b20-15-,27-22?. The number of hydrogen-bond donors (Lipinski definition) is 1. The molecule has 0 saturated heterocycles. The van der Waals surface area contributed by atoms with Crippen LogP contribution >= 0.6 is 0 Å². The van der Waals surface area contributed by atoms with Gasteiger partial charge in [0.05, 0.1) is 17.1 Å². The van der Waals surface area contributed by atoms with Crippen LogP contribution < -0.4 is 11.2 Å². The number of anilines is 1. The molecule has 0 bridgehead atoms. The van der Waals surface area contributed by atoms with Crippen molar-refractivity contribution in [2.75, 3.05) is 5.73 Å². The summed E-state index contributed by atoms with van der Waals surface area (Å²) < 4.78 is 1.94. The third kappa shape index (κ3) is 3.79. The van der Waals surface area contributed by atoms with E-state index in [2.05, 4.69) is 15.0 Å². The summed E-state index contributed by atoms with van der Waals surface area (Å²) in [5.74, 6) is 1.06. The Morgan fingerprint density at radius 1 is 0.833 bits per heavy atom. The van der Waals surface area contributed by atoms with Gasteiger partial charge in [-0.25, -0.2) is 19.9 Å². The maximum Gasteiger partial charge on any atom is 0.221 e. The molecule has 0 aliphatic rings. The van der Waals surface area contributed by atoms with Crippen molar-refractivity contribution < 1.29 is 0 Å². The Labute approximate surface area is 173 Å². The average molecular weight is 390 g/mol. The van der Waals surface area contributed by atoms with Crippen molar-refractivity contribution in [2.24, 2.45) is 4.99 Å². The van der Waals surface area contributed by atoms with E-state index in [9.17, 15) is 0 Å². The molecule has 6 nitrogen and oxygen atoms in total. The van der Waals surface area contributed by atoms with Crippen molar-refractivity contribution in [3.05, 3.63) is 108 Å². The van der Waals surface area contributed by atoms with Crippen molar-refractivity contribution in [1.29, 1.82) is 0 Å². The molecule has 0 spiro atoms. The fourth-order valence-corrected chi connectivity index (χ4v) is 3.16. The van der Waals surface area contributed by atoms with E-state index in [0.717, 1.165) is 28.3 Å². The predicted molar refractivity (Wildman–Crippen MR) is 118 cm³/mol. The number of nitrogens with zero attached hydrogens (tertiary/aromatic N) is 5. The topological polar surface area (TPSA) is 82.0 Å². The highest BCUT2D eigenvalue weighted by molar-refractivity contribution is 5.81. The van der Waals surface area contributed by atoms with Crippen molar-refractivity contribution in [3.8, 4) is 17.1 Å². The lowest BCUT2D eigenvalue weighted by molar-refractivity contribution is 1.09. The minimum Gasteiger partial charge on any atom is -0.368 e. The van der Waals surface area contributed by atoms with Crippen LogP contribution in [0.2, 0.25) is 0 Å². The van der Waals surface area contributed by atoms with Crippen LogP contribution in [0.5, 0.6) is 0 Å². The molecule has 5 rings (SSSR count). The molecule has 30 heavy (non-hydrogen) atoms. The van der Waals surface area contributed by atoms with Gasteiger partial charge >= 0.3 is 0 Å². The van der Waals surface area contributed by atoms with E-state index in [-0.39, 0.29) is 5.95 Å². The molecule has 144 valence electrons. The molecule has 0 fully saturated rings. The Morgan fingerprint density at radius 3 is 2.27 bits per heavy atom. The zero-order chi connectivity index (χ0) is 20.3. The van der Waals surface area contributed by atoms with Gasteiger partial charge in [-0.15, -0.1) is 0 Å². The van der Waals surface area contributed by atoms with Crippen LogP contribution in [0.1, 0.15) is 11.3 Å². The van der Waals surface area contributed by atoms with Gasteiger partial charge in [-0.05, 0) is 24.3 Å². The molecule has 0 radical (unpaired) electrons. The molecule has 0 aliphatic heterocycles. The van der Waals surface area contributed by atoms with E-state index in [1.54, 1.807) is 0 Å². The summed E-state index contributed by atoms with van der Waals surface area (Å²) in [6.07, 6.45) is 5.81. The van der Waals surface area contributed by atoms with Crippen LogP contribution in [0.15, 0.2) is 96.2 Å². The Hall–Kier alpha value is -4.32. The van der Waals surface area contributed by atoms with E-state index in [0.29, 0.717) is 11.2 Å². The van der Waals surface area contributed by atoms with Crippen LogP contribution in [0.25, 0.3) is 28.8 Å². The number of rotatable bonds is 5. The lowest BCUT2D eigenvalue weighted by atomic mass is 10.1. The molecule has 0 atom stereocenters. The Kier molecular flexibility index (Phi) is 4.50. The van der Waals surface area contributed by atoms with Gasteiger partial charge in [0.15, 0.2) is 11.3 Å². The fraction of sp³-hybridized carbons (Fsp3) is 0. The molecule has 3 heterocycles. The molecule has 2 aromatic carbocycles. The van der Waals surface area contributed by atoms with Gasteiger partial charge in [-0.2, -0.15) is 0 Å². The Balaban J connectivity index is 1.59. The van der Waals surface area contributed by atoms with Gasteiger partial charge in [0, 0.05) is 23.5 Å². The van der Waals surface area contributed by atoms with Crippen LogP contribution in [-0.2, 0) is 0 Å². The van der Waals surface area contributed by atoms with Gasteiger partial charge in [-0.1, -0.05) is 60.7 Å². The summed E-state index contributed by atoms with van der Waals surface area (Å²) in [6.45, 7) is 0. The average Bonchev–Trinajstić information content (AvgIpc) is 3.32. The number of benzene rings is 2. The molecule has 6 heteroatoms. The Morgan fingerprint density at radius 2 is 1.53 bits per heavy atom. The van der Waals surface area contributed by atoms with Crippen LogP contribution in [0.4, 0.5) is 5.95 Å². The van der Waals surface area contributed by atoms with Gasteiger partial charge in [0.1, 0.15) is 0 Å². The summed E-state index contributed by atoms with van der Waals surface area (Å²) in [5.41, 5.74) is 10.9. The smallest absolute Gasteiger partial charge is 0.221 e. The van der Waals surface area contributed by atoms with E-state index < -0.39 is 0 Å². The molecule has 3 aromatic heterocycles. The predicted octanol–water partition coefficient (Wildman–Crippen LogP) is 3.89. The molecule has 0 saturated carbocycles. The monoisotopic (exact) mass is 390 g/mol. The highest BCUT2D eigenvalue weighted by atomic mass is 15.1.